The highest BCUT2D eigenvalue weighted by Crippen LogP contribution is 2.29. The van der Waals surface area contributed by atoms with Crippen LogP contribution in [0.15, 0.2) is 24.3 Å². The zero-order valence-electron chi connectivity index (χ0n) is 13.4. The first kappa shape index (κ1) is 16.4. The van der Waals surface area contributed by atoms with Crippen LogP contribution in [0.25, 0.3) is 11.3 Å². The second-order valence-electron chi connectivity index (χ2n) is 5.54. The van der Waals surface area contributed by atoms with Gasteiger partial charge in [0.05, 0.1) is 19.8 Å². The number of carbonyl (C=O) groups excluding carboxylic acids is 1. The molecule has 2 aromatic rings. The van der Waals surface area contributed by atoms with Gasteiger partial charge in [-0.3, -0.25) is 9.69 Å². The van der Waals surface area contributed by atoms with Gasteiger partial charge >= 0.3 is 0 Å². The van der Waals surface area contributed by atoms with E-state index in [0.29, 0.717) is 23.6 Å². The highest BCUT2D eigenvalue weighted by molar-refractivity contribution is 5.97. The molecule has 3 rings (SSSR count). The van der Waals surface area contributed by atoms with Crippen LogP contribution in [0.2, 0.25) is 0 Å². The van der Waals surface area contributed by atoms with Crippen LogP contribution in [0.4, 0.5) is 0 Å². The molecule has 0 radical (unpaired) electrons. The monoisotopic (exact) mass is 331 g/mol. The zero-order valence-corrected chi connectivity index (χ0v) is 13.4. The molecule has 1 fully saturated rings. The van der Waals surface area contributed by atoms with Crippen LogP contribution in [0.1, 0.15) is 16.9 Å². The lowest BCUT2D eigenvalue weighted by Crippen LogP contribution is -2.37. The maximum Gasteiger partial charge on any atom is 0.271 e. The molecule has 1 amide bonds. The molecular weight excluding hydrogens is 310 g/mol. The van der Waals surface area contributed by atoms with E-state index >= 15 is 0 Å². The molecule has 128 valence electrons. The van der Waals surface area contributed by atoms with E-state index in [9.17, 15) is 4.79 Å². The standard InChI is InChI=1S/C16H21N5O3/c17-16(22)15-14(18-20-19-15)12-4-1-2-5-13(12)24-9-3-6-21-7-10-23-11-8-21/h1-2,4-5H,3,6-11H2,(H2,17,22)(H,18,19,20). The first-order chi connectivity index (χ1) is 11.8. The molecule has 8 nitrogen and oxygen atoms in total. The number of aromatic amines is 1. The van der Waals surface area contributed by atoms with E-state index in [2.05, 4.69) is 20.3 Å². The minimum atomic E-state index is -0.624. The third kappa shape index (κ3) is 3.90. The number of carbonyl (C=O) groups is 1. The smallest absolute Gasteiger partial charge is 0.271 e. The molecule has 1 saturated heterocycles. The Morgan fingerprint density at radius 2 is 2.08 bits per heavy atom. The summed E-state index contributed by atoms with van der Waals surface area (Å²) in [5, 5.41) is 10.3. The number of primary amides is 1. The van der Waals surface area contributed by atoms with Gasteiger partial charge in [0.1, 0.15) is 11.4 Å². The Labute approximate surface area is 139 Å². The summed E-state index contributed by atoms with van der Waals surface area (Å²) in [4.78, 5) is 13.8. The number of rotatable bonds is 7. The third-order valence-electron chi connectivity index (χ3n) is 3.90. The van der Waals surface area contributed by atoms with Gasteiger partial charge in [-0.25, -0.2) is 0 Å². The Hall–Kier alpha value is -2.45. The van der Waals surface area contributed by atoms with Crippen molar-refractivity contribution in [1.29, 1.82) is 0 Å². The van der Waals surface area contributed by atoms with Crippen molar-refractivity contribution >= 4 is 5.91 Å². The summed E-state index contributed by atoms with van der Waals surface area (Å²) in [5.41, 5.74) is 6.55. The van der Waals surface area contributed by atoms with Gasteiger partial charge in [-0.05, 0) is 18.6 Å². The third-order valence-corrected chi connectivity index (χ3v) is 3.90. The Kier molecular flexibility index (Phi) is 5.39. The van der Waals surface area contributed by atoms with E-state index in [-0.39, 0.29) is 5.69 Å². The average molecular weight is 331 g/mol. The van der Waals surface area contributed by atoms with Crippen LogP contribution in [0.3, 0.4) is 0 Å². The van der Waals surface area contributed by atoms with Gasteiger partial charge < -0.3 is 15.2 Å². The number of aromatic nitrogens is 3. The zero-order chi connectivity index (χ0) is 16.8. The SMILES string of the molecule is NC(=O)c1n[nH]nc1-c1ccccc1OCCCN1CCOCC1. The number of nitrogens with zero attached hydrogens (tertiary/aromatic N) is 3. The van der Waals surface area contributed by atoms with Crippen LogP contribution in [-0.4, -0.2) is 65.7 Å². The molecule has 8 heteroatoms. The predicted octanol–water partition coefficient (Wildman–Crippen LogP) is 0.672. The van der Waals surface area contributed by atoms with Gasteiger partial charge in [0.25, 0.3) is 5.91 Å². The Balaban J connectivity index is 1.62. The van der Waals surface area contributed by atoms with Gasteiger partial charge in [0.15, 0.2) is 5.69 Å². The minimum absolute atomic E-state index is 0.111. The summed E-state index contributed by atoms with van der Waals surface area (Å²) in [7, 11) is 0. The van der Waals surface area contributed by atoms with E-state index in [0.717, 1.165) is 39.3 Å². The predicted molar refractivity (Wildman–Crippen MR) is 87.7 cm³/mol. The second kappa shape index (κ2) is 7.89. The molecule has 0 bridgehead atoms. The second-order valence-corrected chi connectivity index (χ2v) is 5.54. The number of nitrogens with two attached hydrogens (primary N) is 1. The van der Waals surface area contributed by atoms with Crippen LogP contribution in [0, 0.1) is 0 Å². The number of hydrogen-bond acceptors (Lipinski definition) is 6. The highest BCUT2D eigenvalue weighted by atomic mass is 16.5. The summed E-state index contributed by atoms with van der Waals surface area (Å²) in [6, 6.07) is 7.42. The molecular formula is C16H21N5O3. The molecule has 0 aliphatic carbocycles. The lowest BCUT2D eigenvalue weighted by atomic mass is 10.1. The highest BCUT2D eigenvalue weighted by Gasteiger charge is 2.18. The van der Waals surface area contributed by atoms with Crippen molar-refractivity contribution in [3.63, 3.8) is 0 Å². The number of nitrogens with one attached hydrogen (secondary N) is 1. The van der Waals surface area contributed by atoms with E-state index in [1.807, 2.05) is 24.3 Å². The van der Waals surface area contributed by atoms with Crippen molar-refractivity contribution in [2.75, 3.05) is 39.5 Å². The van der Waals surface area contributed by atoms with E-state index in [1.54, 1.807) is 0 Å². The summed E-state index contributed by atoms with van der Waals surface area (Å²) < 4.78 is 11.2. The first-order valence-corrected chi connectivity index (χ1v) is 7.98. The molecule has 2 heterocycles. The molecule has 24 heavy (non-hydrogen) atoms. The summed E-state index contributed by atoms with van der Waals surface area (Å²) in [5.74, 6) is 0.0387. The minimum Gasteiger partial charge on any atom is -0.493 e. The molecule has 1 aliphatic heterocycles. The van der Waals surface area contributed by atoms with Gasteiger partial charge in [-0.15, -0.1) is 0 Å². The number of morpholine rings is 1. The van der Waals surface area contributed by atoms with Crippen LogP contribution in [0.5, 0.6) is 5.75 Å². The first-order valence-electron chi connectivity index (χ1n) is 7.98. The lowest BCUT2D eigenvalue weighted by molar-refractivity contribution is 0.0358. The van der Waals surface area contributed by atoms with Crippen molar-refractivity contribution in [3.8, 4) is 17.0 Å². The summed E-state index contributed by atoms with van der Waals surface area (Å²) >= 11 is 0. The number of amides is 1. The lowest BCUT2D eigenvalue weighted by Gasteiger charge is -2.26. The quantitative estimate of drug-likeness (QED) is 0.722. The van der Waals surface area contributed by atoms with Gasteiger partial charge in [0.2, 0.25) is 0 Å². The molecule has 0 atom stereocenters. The molecule has 1 aliphatic rings. The van der Waals surface area contributed by atoms with Crippen LogP contribution in [-0.2, 0) is 4.74 Å². The van der Waals surface area contributed by atoms with Crippen molar-refractivity contribution in [3.05, 3.63) is 30.0 Å². The summed E-state index contributed by atoms with van der Waals surface area (Å²) in [6.07, 6.45) is 0.913. The maximum atomic E-state index is 11.4. The normalized spacial score (nSPS) is 15.3. The van der Waals surface area contributed by atoms with Crippen LogP contribution < -0.4 is 10.5 Å². The Morgan fingerprint density at radius 3 is 2.88 bits per heavy atom. The number of ether oxygens (including phenoxy) is 2. The molecule has 1 aromatic heterocycles. The van der Waals surface area contributed by atoms with E-state index in [4.69, 9.17) is 15.2 Å². The fraction of sp³-hybridized carbons (Fsp3) is 0.438. The molecule has 0 saturated carbocycles. The average Bonchev–Trinajstić information content (AvgIpc) is 3.10. The number of benzene rings is 1. The fourth-order valence-corrected chi connectivity index (χ4v) is 2.67. The molecule has 3 N–H and O–H groups in total. The van der Waals surface area contributed by atoms with Crippen molar-refractivity contribution < 1.29 is 14.3 Å². The maximum absolute atomic E-state index is 11.4. The van der Waals surface area contributed by atoms with Gasteiger partial charge in [0, 0.05) is 25.2 Å². The molecule has 0 unspecified atom stereocenters. The topological polar surface area (TPSA) is 106 Å². The fourth-order valence-electron chi connectivity index (χ4n) is 2.67. The Bertz CT molecular complexity index is 682. The Morgan fingerprint density at radius 1 is 1.29 bits per heavy atom. The van der Waals surface area contributed by atoms with E-state index in [1.165, 1.54) is 0 Å². The van der Waals surface area contributed by atoms with Crippen molar-refractivity contribution in [1.82, 2.24) is 20.3 Å². The van der Waals surface area contributed by atoms with Crippen LogP contribution >= 0.6 is 0 Å². The molecule has 1 aromatic carbocycles. The van der Waals surface area contributed by atoms with Crippen molar-refractivity contribution in [2.24, 2.45) is 5.73 Å². The van der Waals surface area contributed by atoms with Crippen molar-refractivity contribution in [2.45, 2.75) is 6.42 Å². The van der Waals surface area contributed by atoms with Gasteiger partial charge in [-0.2, -0.15) is 15.4 Å². The largest absolute Gasteiger partial charge is 0.493 e. The number of para-hydroxylation sites is 1. The number of hydrogen-bond donors (Lipinski definition) is 2. The summed E-state index contributed by atoms with van der Waals surface area (Å²) in [6.45, 7) is 5.09. The number of H-pyrrole nitrogens is 1. The van der Waals surface area contributed by atoms with E-state index < -0.39 is 5.91 Å². The molecule has 0 spiro atoms. The van der Waals surface area contributed by atoms with Gasteiger partial charge in [-0.1, -0.05) is 12.1 Å².